The molecule has 0 radical (unpaired) electrons. The minimum atomic E-state index is -1.53. The Labute approximate surface area is 350 Å². The molecule has 1 aliphatic rings. The summed E-state index contributed by atoms with van der Waals surface area (Å²) in [4.78, 5) is 47.4. The molecule has 1 aliphatic heterocycles. The Morgan fingerprint density at radius 2 is 1.43 bits per heavy atom. The molecule has 6 aromatic rings. The van der Waals surface area contributed by atoms with E-state index in [1.165, 1.54) is 63.0 Å². The first-order chi connectivity index (χ1) is 29.4. The van der Waals surface area contributed by atoms with E-state index in [4.69, 9.17) is 30.4 Å². The average molecular weight is 833 g/mol. The number of likely N-dealkylation sites (tertiary alicyclic amines) is 1. The molecular weight excluding hydrogens is 789 g/mol. The third-order valence-corrected chi connectivity index (χ3v) is 9.99. The second kappa shape index (κ2) is 19.7. The molecule has 61 heavy (non-hydrogen) atoms. The van der Waals surface area contributed by atoms with Crippen LogP contribution in [0, 0.1) is 11.6 Å². The quantitative estimate of drug-likeness (QED) is 0.0882. The van der Waals surface area contributed by atoms with E-state index in [9.17, 15) is 23.2 Å². The van der Waals surface area contributed by atoms with Gasteiger partial charge in [-0.3, -0.25) is 14.4 Å². The van der Waals surface area contributed by atoms with Crippen LogP contribution in [0.3, 0.4) is 0 Å². The zero-order chi connectivity index (χ0) is 43.6. The summed E-state index contributed by atoms with van der Waals surface area (Å²) in [5, 5.41) is 29.0. The summed E-state index contributed by atoms with van der Waals surface area (Å²) < 4.78 is 39.3. The number of nitrogens with one attached hydrogen (secondary N) is 2. The van der Waals surface area contributed by atoms with Gasteiger partial charge in [-0.15, -0.1) is 0 Å². The Balaban J connectivity index is 0.000000240. The lowest BCUT2D eigenvalue weighted by atomic mass is 9.80. The zero-order valence-electron chi connectivity index (χ0n) is 33.3. The first-order valence-electron chi connectivity index (χ1n) is 19.1. The van der Waals surface area contributed by atoms with Gasteiger partial charge in [-0.25, -0.2) is 23.4 Å². The van der Waals surface area contributed by atoms with Crippen LogP contribution < -0.4 is 31.3 Å². The molecule has 0 unspecified atom stereocenters. The van der Waals surface area contributed by atoms with Gasteiger partial charge in [-0.2, -0.15) is 5.10 Å². The van der Waals surface area contributed by atoms with Crippen LogP contribution >= 0.6 is 0 Å². The number of anilines is 1. The van der Waals surface area contributed by atoms with Crippen molar-refractivity contribution >= 4 is 47.2 Å². The number of carbonyl (C=O) groups is 3. The smallest absolute Gasteiger partial charge is 0.488 e. The van der Waals surface area contributed by atoms with Crippen molar-refractivity contribution in [1.29, 1.82) is 0 Å². The van der Waals surface area contributed by atoms with Gasteiger partial charge >= 0.3 is 7.12 Å². The van der Waals surface area contributed by atoms with Crippen molar-refractivity contribution in [3.63, 3.8) is 0 Å². The zero-order valence-corrected chi connectivity index (χ0v) is 33.3. The van der Waals surface area contributed by atoms with E-state index in [-0.39, 0.29) is 47.7 Å². The Kier molecular flexibility index (Phi) is 14.0. The minimum Gasteiger partial charge on any atom is -0.493 e. The number of carbonyl (C=O) groups excluding carboxylic acids is 3. The van der Waals surface area contributed by atoms with E-state index < -0.39 is 30.6 Å². The van der Waals surface area contributed by atoms with Crippen LogP contribution in [0.5, 0.6) is 11.5 Å². The number of methoxy groups -OCH3 is 2. The Hall–Kier alpha value is -7.18. The number of para-hydroxylation sites is 2. The molecule has 2 aromatic heterocycles. The number of halogens is 2. The van der Waals surface area contributed by atoms with Crippen LogP contribution in [0.1, 0.15) is 50.7 Å². The van der Waals surface area contributed by atoms with Crippen LogP contribution in [0.15, 0.2) is 104 Å². The summed E-state index contributed by atoms with van der Waals surface area (Å²) >= 11 is 0. The van der Waals surface area contributed by atoms with Gasteiger partial charge in [-0.05, 0) is 59.8 Å². The predicted octanol–water partition coefficient (Wildman–Crippen LogP) is 3.95. The van der Waals surface area contributed by atoms with E-state index in [1.54, 1.807) is 29.2 Å². The summed E-state index contributed by atoms with van der Waals surface area (Å²) in [6, 6.07) is 22.2. The third kappa shape index (κ3) is 10.00. The standard InChI is InChI=1S/C28H28FN7O3.C15H15BFNO4/c1-3-22(37)35-13-5-6-19(15-35)36-27-23(26(30)32-16-33-27)24(34-36)18-11-9-17(10-12-18)14-31-28(38)20-7-4-8-21(29)25(20)39-2;1-22-14-12(3-2-4-13(14)17)15(19)18-9-10-5-7-11(8-6-10)16(20)21/h3-4,7-12,16,19H,1,5-6,13-15H2,2H3,(H,31,38)(H2,30,32,33);2-8,20-21H,9H2,1H3,(H,18,19)/t19-;/m1./s1. The molecule has 0 bridgehead atoms. The third-order valence-electron chi connectivity index (χ3n) is 9.99. The summed E-state index contributed by atoms with van der Waals surface area (Å²) in [5.74, 6) is -2.08. The second-order valence-corrected chi connectivity index (χ2v) is 13.9. The van der Waals surface area contributed by atoms with Gasteiger partial charge in [0.2, 0.25) is 5.91 Å². The van der Waals surface area contributed by atoms with Crippen LogP contribution in [0.2, 0.25) is 0 Å². The lowest BCUT2D eigenvalue weighted by Crippen LogP contribution is -2.40. The fourth-order valence-electron chi connectivity index (χ4n) is 6.87. The van der Waals surface area contributed by atoms with Crippen LogP contribution in [0.25, 0.3) is 22.3 Å². The molecular formula is C43H43BF2N8O7. The number of fused-ring (bicyclic) bond motifs is 1. The number of hydrogen-bond donors (Lipinski definition) is 5. The van der Waals surface area contributed by atoms with Crippen molar-refractivity contribution in [2.24, 2.45) is 0 Å². The molecule has 1 atom stereocenters. The van der Waals surface area contributed by atoms with Gasteiger partial charge < -0.3 is 40.8 Å². The molecule has 15 nitrogen and oxygen atoms in total. The topological polar surface area (TPSA) is 207 Å². The lowest BCUT2D eigenvalue weighted by Gasteiger charge is -2.32. The Morgan fingerprint density at radius 3 is 1.95 bits per heavy atom. The van der Waals surface area contributed by atoms with E-state index in [0.29, 0.717) is 41.1 Å². The molecule has 314 valence electrons. The van der Waals surface area contributed by atoms with Crippen molar-refractivity contribution in [3.05, 3.63) is 138 Å². The number of hydrogen-bond acceptors (Lipinski definition) is 11. The van der Waals surface area contributed by atoms with Gasteiger partial charge in [-0.1, -0.05) is 67.2 Å². The van der Waals surface area contributed by atoms with Gasteiger partial charge in [0.15, 0.2) is 28.8 Å². The maximum atomic E-state index is 14.0. The normalized spacial score (nSPS) is 13.4. The van der Waals surface area contributed by atoms with Crippen molar-refractivity contribution in [2.45, 2.75) is 32.0 Å². The van der Waals surface area contributed by atoms with Crippen LogP contribution in [0.4, 0.5) is 14.6 Å². The molecule has 7 rings (SSSR count). The SMILES string of the molecule is C=CC(=O)N1CCC[C@@H](n2nc(-c3ccc(CNC(=O)c4cccc(F)c4OC)cc3)c3c(N)ncnc32)C1.COc1c(F)cccc1C(=O)NCc1ccc(B(O)O)cc1. The molecule has 1 fully saturated rings. The fourth-order valence-corrected chi connectivity index (χ4v) is 6.87. The Morgan fingerprint density at radius 1 is 0.869 bits per heavy atom. The highest BCUT2D eigenvalue weighted by Crippen LogP contribution is 2.34. The fraction of sp³-hybridized carbons (Fsp3) is 0.209. The largest absolute Gasteiger partial charge is 0.493 e. The van der Waals surface area contributed by atoms with Crippen LogP contribution in [-0.4, -0.2) is 86.8 Å². The molecule has 1 saturated heterocycles. The maximum Gasteiger partial charge on any atom is 0.488 e. The van der Waals surface area contributed by atoms with E-state index in [0.717, 1.165) is 29.5 Å². The number of nitrogens with zero attached hydrogens (tertiary/aromatic N) is 5. The minimum absolute atomic E-state index is 0.0671. The van der Waals surface area contributed by atoms with Crippen molar-refractivity contribution in [1.82, 2.24) is 35.3 Å². The van der Waals surface area contributed by atoms with Crippen molar-refractivity contribution < 1.29 is 42.7 Å². The molecule has 18 heteroatoms. The highest BCUT2D eigenvalue weighted by molar-refractivity contribution is 6.58. The highest BCUT2D eigenvalue weighted by Gasteiger charge is 2.28. The number of nitrogens with two attached hydrogens (primary N) is 1. The second-order valence-electron chi connectivity index (χ2n) is 13.9. The van der Waals surface area contributed by atoms with Gasteiger partial charge in [0.1, 0.15) is 17.8 Å². The highest BCUT2D eigenvalue weighted by atomic mass is 19.1. The van der Waals surface area contributed by atoms with Gasteiger partial charge in [0, 0.05) is 31.7 Å². The van der Waals surface area contributed by atoms with Gasteiger partial charge in [0.05, 0.1) is 36.8 Å². The number of nitrogen functional groups attached to an aromatic ring is 1. The van der Waals surface area contributed by atoms with E-state index >= 15 is 0 Å². The monoisotopic (exact) mass is 832 g/mol. The average Bonchev–Trinajstić information content (AvgIpc) is 3.68. The summed E-state index contributed by atoms with van der Waals surface area (Å²) in [6.45, 7) is 5.23. The van der Waals surface area contributed by atoms with Crippen molar-refractivity contribution in [2.75, 3.05) is 33.0 Å². The molecule has 0 aliphatic carbocycles. The molecule has 6 N–H and O–H groups in total. The first kappa shape index (κ1) is 43.4. The number of amides is 3. The summed E-state index contributed by atoms with van der Waals surface area (Å²) in [7, 11) is 1.09. The molecule has 0 spiro atoms. The lowest BCUT2D eigenvalue weighted by molar-refractivity contribution is -0.127. The van der Waals surface area contributed by atoms with Crippen molar-refractivity contribution in [3.8, 4) is 22.8 Å². The van der Waals surface area contributed by atoms with Crippen LogP contribution in [-0.2, 0) is 17.9 Å². The number of aromatic nitrogens is 4. The maximum absolute atomic E-state index is 14.0. The number of benzene rings is 4. The number of piperidine rings is 1. The van der Waals surface area contributed by atoms with Gasteiger partial charge in [0.25, 0.3) is 11.8 Å². The van der Waals surface area contributed by atoms with E-state index in [1.807, 2.05) is 28.9 Å². The van der Waals surface area contributed by atoms with E-state index in [2.05, 4.69) is 27.2 Å². The molecule has 3 heterocycles. The predicted molar refractivity (Wildman–Crippen MR) is 225 cm³/mol. The first-order valence-corrected chi connectivity index (χ1v) is 19.1. The molecule has 0 saturated carbocycles. The molecule has 4 aromatic carbocycles. The Bertz CT molecular complexity index is 2540. The number of ether oxygens (including phenoxy) is 2. The molecule has 3 amide bonds. The summed E-state index contributed by atoms with van der Waals surface area (Å²) in [6.07, 6.45) is 4.42. The summed E-state index contributed by atoms with van der Waals surface area (Å²) in [5.41, 5.74) is 10.5. The number of rotatable bonds is 12.